The summed E-state index contributed by atoms with van der Waals surface area (Å²) in [5.74, 6) is 0.352. The van der Waals surface area contributed by atoms with Gasteiger partial charge in [-0.2, -0.15) is 0 Å². The van der Waals surface area contributed by atoms with Gasteiger partial charge in [-0.1, -0.05) is 28.1 Å². The molecule has 1 amide bonds. The van der Waals surface area contributed by atoms with Crippen molar-refractivity contribution in [1.82, 2.24) is 5.32 Å². The zero-order chi connectivity index (χ0) is 13.7. The lowest BCUT2D eigenvalue weighted by Gasteiger charge is -2.68. The van der Waals surface area contributed by atoms with E-state index in [1.807, 2.05) is 24.3 Å². The molecule has 3 aliphatic rings. The highest BCUT2D eigenvalue weighted by atomic mass is 79.9. The molecule has 4 rings (SSSR count). The monoisotopic (exact) mass is 321 g/mol. The van der Waals surface area contributed by atoms with Crippen LogP contribution in [0.5, 0.6) is 0 Å². The van der Waals surface area contributed by atoms with Gasteiger partial charge < -0.3 is 5.32 Å². The number of benzene rings is 1. The van der Waals surface area contributed by atoms with E-state index >= 15 is 0 Å². The molecular weight excluding hydrogens is 306 g/mol. The molecule has 19 heavy (non-hydrogen) atoms. The van der Waals surface area contributed by atoms with Gasteiger partial charge in [0.15, 0.2) is 0 Å². The Bertz CT molecular complexity index is 547. The summed E-state index contributed by atoms with van der Waals surface area (Å²) in [5.41, 5.74) is 0.695. The van der Waals surface area contributed by atoms with Crippen LogP contribution in [0.25, 0.3) is 0 Å². The SMILES string of the molecule is CC(=O)C12CC(C(=O)NCc3cccc(Br)c3)(C1)C2. The fourth-order valence-corrected chi connectivity index (χ4v) is 3.87. The van der Waals surface area contributed by atoms with Crippen LogP contribution in [0.2, 0.25) is 0 Å². The van der Waals surface area contributed by atoms with E-state index in [0.29, 0.717) is 6.54 Å². The molecule has 0 atom stereocenters. The predicted molar refractivity (Wildman–Crippen MR) is 75.4 cm³/mol. The van der Waals surface area contributed by atoms with Crippen molar-refractivity contribution in [2.75, 3.05) is 0 Å². The highest BCUT2D eigenvalue weighted by Gasteiger charge is 2.73. The second-order valence-electron chi connectivity index (χ2n) is 5.96. The summed E-state index contributed by atoms with van der Waals surface area (Å²) < 4.78 is 1.01. The van der Waals surface area contributed by atoms with E-state index < -0.39 is 0 Å². The molecule has 0 saturated heterocycles. The van der Waals surface area contributed by atoms with Gasteiger partial charge >= 0.3 is 0 Å². The van der Waals surface area contributed by atoms with Gasteiger partial charge in [0.2, 0.25) is 5.91 Å². The highest BCUT2D eigenvalue weighted by molar-refractivity contribution is 9.10. The summed E-state index contributed by atoms with van der Waals surface area (Å²) in [4.78, 5) is 23.6. The fourth-order valence-electron chi connectivity index (χ4n) is 3.42. The number of hydrogen-bond acceptors (Lipinski definition) is 2. The Balaban J connectivity index is 1.56. The van der Waals surface area contributed by atoms with Gasteiger partial charge in [-0.05, 0) is 43.9 Å². The number of Topliss-reactive ketones (excluding diaryl/α,β-unsaturated/α-hetero) is 1. The molecular formula is C15H16BrNO2. The van der Waals surface area contributed by atoms with Gasteiger partial charge in [-0.25, -0.2) is 0 Å². The quantitative estimate of drug-likeness (QED) is 0.926. The molecule has 0 spiro atoms. The molecule has 0 radical (unpaired) electrons. The molecule has 3 nitrogen and oxygen atoms in total. The van der Waals surface area contributed by atoms with Crippen molar-refractivity contribution >= 4 is 27.6 Å². The minimum absolute atomic E-state index is 0.107. The van der Waals surface area contributed by atoms with Crippen molar-refractivity contribution in [3.63, 3.8) is 0 Å². The first kappa shape index (κ1) is 12.9. The third kappa shape index (κ3) is 1.93. The van der Waals surface area contributed by atoms with Crippen LogP contribution in [0.15, 0.2) is 28.7 Å². The van der Waals surface area contributed by atoms with Crippen molar-refractivity contribution in [2.24, 2.45) is 10.8 Å². The summed E-state index contributed by atoms with van der Waals surface area (Å²) >= 11 is 3.41. The van der Waals surface area contributed by atoms with E-state index in [1.54, 1.807) is 6.92 Å². The van der Waals surface area contributed by atoms with Crippen LogP contribution in [-0.4, -0.2) is 11.7 Å². The van der Waals surface area contributed by atoms with Crippen LogP contribution in [0.1, 0.15) is 31.7 Å². The minimum Gasteiger partial charge on any atom is -0.352 e. The lowest BCUT2D eigenvalue weighted by molar-refractivity contribution is -0.205. The maximum Gasteiger partial charge on any atom is 0.226 e. The molecule has 4 heteroatoms. The summed E-state index contributed by atoms with van der Waals surface area (Å²) in [6.07, 6.45) is 2.25. The number of hydrogen-bond donors (Lipinski definition) is 1. The number of halogens is 1. The normalized spacial score (nSPS) is 31.1. The second kappa shape index (κ2) is 4.17. The third-order valence-corrected chi connectivity index (χ3v) is 5.09. The van der Waals surface area contributed by atoms with Crippen LogP contribution in [0.3, 0.4) is 0 Å². The first-order valence-electron chi connectivity index (χ1n) is 6.50. The van der Waals surface area contributed by atoms with Crippen LogP contribution >= 0.6 is 15.9 Å². The van der Waals surface area contributed by atoms with Gasteiger partial charge in [0.1, 0.15) is 5.78 Å². The van der Waals surface area contributed by atoms with Crippen molar-refractivity contribution in [3.05, 3.63) is 34.3 Å². The van der Waals surface area contributed by atoms with E-state index in [9.17, 15) is 9.59 Å². The zero-order valence-electron chi connectivity index (χ0n) is 10.8. The number of carbonyl (C=O) groups is 2. The minimum atomic E-state index is -0.238. The molecule has 0 aromatic heterocycles. The Morgan fingerprint density at radius 1 is 1.26 bits per heavy atom. The van der Waals surface area contributed by atoms with Crippen molar-refractivity contribution in [3.8, 4) is 0 Å². The third-order valence-electron chi connectivity index (χ3n) is 4.60. The van der Waals surface area contributed by atoms with Crippen molar-refractivity contribution in [1.29, 1.82) is 0 Å². The van der Waals surface area contributed by atoms with Crippen LogP contribution in [0.4, 0.5) is 0 Å². The lowest BCUT2D eigenvalue weighted by Crippen LogP contribution is -2.70. The van der Waals surface area contributed by atoms with E-state index in [2.05, 4.69) is 21.2 Å². The molecule has 0 unspecified atom stereocenters. The number of rotatable bonds is 4. The number of nitrogens with one attached hydrogen (secondary N) is 1. The molecule has 2 bridgehead atoms. The largest absolute Gasteiger partial charge is 0.352 e. The Kier molecular flexibility index (Phi) is 2.82. The van der Waals surface area contributed by atoms with E-state index in [1.165, 1.54) is 0 Å². The Labute approximate surface area is 120 Å². The molecule has 3 saturated carbocycles. The molecule has 3 fully saturated rings. The van der Waals surface area contributed by atoms with Crippen molar-refractivity contribution < 1.29 is 9.59 Å². The van der Waals surface area contributed by atoms with E-state index in [-0.39, 0.29) is 22.5 Å². The molecule has 100 valence electrons. The van der Waals surface area contributed by atoms with Crippen LogP contribution < -0.4 is 5.32 Å². The Hall–Kier alpha value is -1.16. The predicted octanol–water partition coefficient (Wildman–Crippen LogP) is 2.82. The maximum absolute atomic E-state index is 12.2. The molecule has 0 heterocycles. The van der Waals surface area contributed by atoms with Crippen molar-refractivity contribution in [2.45, 2.75) is 32.7 Å². The fraction of sp³-hybridized carbons (Fsp3) is 0.467. The molecule has 1 N–H and O–H groups in total. The van der Waals surface area contributed by atoms with Gasteiger partial charge in [0.25, 0.3) is 0 Å². The van der Waals surface area contributed by atoms with E-state index in [4.69, 9.17) is 0 Å². The summed E-state index contributed by atoms with van der Waals surface area (Å²) in [6.45, 7) is 2.19. The number of ketones is 1. The van der Waals surface area contributed by atoms with Crippen LogP contribution in [0, 0.1) is 10.8 Å². The van der Waals surface area contributed by atoms with Gasteiger partial charge in [0, 0.05) is 16.4 Å². The second-order valence-corrected chi connectivity index (χ2v) is 6.88. The Morgan fingerprint density at radius 3 is 2.53 bits per heavy atom. The first-order chi connectivity index (χ1) is 8.96. The smallest absolute Gasteiger partial charge is 0.226 e. The van der Waals surface area contributed by atoms with Crippen LogP contribution in [-0.2, 0) is 16.1 Å². The van der Waals surface area contributed by atoms with E-state index in [0.717, 1.165) is 29.3 Å². The standard InChI is InChI=1S/C15H16BrNO2/c1-10(18)14-7-15(8-14,9-14)13(19)17-6-11-3-2-4-12(16)5-11/h2-5H,6-9H2,1H3,(H,17,19). The molecule has 1 aromatic carbocycles. The maximum atomic E-state index is 12.2. The van der Waals surface area contributed by atoms with Gasteiger partial charge in [-0.15, -0.1) is 0 Å². The number of carbonyl (C=O) groups excluding carboxylic acids is 2. The Morgan fingerprint density at radius 2 is 1.95 bits per heavy atom. The first-order valence-corrected chi connectivity index (χ1v) is 7.29. The topological polar surface area (TPSA) is 46.2 Å². The summed E-state index contributed by atoms with van der Waals surface area (Å²) in [6, 6.07) is 7.91. The van der Waals surface area contributed by atoms with Gasteiger partial charge in [0.05, 0.1) is 5.41 Å². The molecule has 3 aliphatic carbocycles. The average Bonchev–Trinajstić information content (AvgIpc) is 2.22. The van der Waals surface area contributed by atoms with Gasteiger partial charge in [-0.3, -0.25) is 9.59 Å². The highest BCUT2D eigenvalue weighted by Crippen LogP contribution is 2.73. The lowest BCUT2D eigenvalue weighted by atomic mass is 9.34. The molecule has 0 aliphatic heterocycles. The zero-order valence-corrected chi connectivity index (χ0v) is 12.4. The summed E-state index contributed by atoms with van der Waals surface area (Å²) in [7, 11) is 0. The molecule has 1 aromatic rings. The average molecular weight is 322 g/mol. The number of amides is 1. The summed E-state index contributed by atoms with van der Waals surface area (Å²) in [5, 5.41) is 2.99.